The number of carbonyl (C=O) groups excluding carboxylic acids is 4. The number of urea groups is 4. The molecule has 56 heteroatoms. The van der Waals surface area contributed by atoms with Crippen LogP contribution in [0.25, 0.3) is 66.9 Å². The van der Waals surface area contributed by atoms with Gasteiger partial charge >= 0.3 is 24.1 Å². The number of morpholine rings is 1. The number of hydrogen-bond donors (Lipinski definition) is 11. The maximum Gasteiger partial charge on any atom is 0.333 e. The second kappa shape index (κ2) is 46.0. The summed E-state index contributed by atoms with van der Waals surface area (Å²) in [4.78, 5) is 149. The van der Waals surface area contributed by atoms with Gasteiger partial charge in [0.2, 0.25) is 0 Å². The number of ether oxygens (including phenoxy) is 1. The minimum atomic E-state index is -4.07. The average Bonchev–Trinajstić information content (AvgIpc) is 1.48. The Morgan fingerprint density at radius 3 is 1.04 bits per heavy atom. The zero-order valence-corrected chi connectivity index (χ0v) is 89.1. The van der Waals surface area contributed by atoms with Crippen LogP contribution in [0.1, 0.15) is 47.3 Å². The molecule has 12 aromatic heterocycles. The van der Waals surface area contributed by atoms with Crippen LogP contribution in [-0.4, -0.2) is 229 Å². The van der Waals surface area contributed by atoms with Crippen molar-refractivity contribution in [3.63, 3.8) is 0 Å². The summed E-state index contributed by atoms with van der Waals surface area (Å²) in [7, 11) is -14.3. The van der Waals surface area contributed by atoms with Crippen molar-refractivity contribution in [2.45, 2.75) is 63.8 Å². The van der Waals surface area contributed by atoms with E-state index in [1.54, 1.807) is 58.0 Å². The number of sulfonamides is 4. The number of aryl methyl sites for hydroxylation is 4. The molecule has 4 aliphatic heterocycles. The molecule has 0 aliphatic carbocycles. The van der Waals surface area contributed by atoms with Gasteiger partial charge in [-0.25, -0.2) is 130 Å². The van der Waals surface area contributed by atoms with E-state index in [4.69, 9.17) is 51.1 Å². The van der Waals surface area contributed by atoms with Gasteiger partial charge in [0.25, 0.3) is 62.3 Å². The highest BCUT2D eigenvalue weighted by molar-refractivity contribution is 7.93. The van der Waals surface area contributed by atoms with Gasteiger partial charge in [-0.1, -0.05) is 52.5 Å². The van der Waals surface area contributed by atoms with Gasteiger partial charge in [-0.3, -0.25) is 29.1 Å². The lowest BCUT2D eigenvalue weighted by Crippen LogP contribution is -2.39. The standard InChI is InChI=1S/C25H26ClN7O5S2.C25H26ClN7O4S2.C23H20ClN7O4S2.C21H17ClN6O4S2/c1-16-29-20-14-17(27-8-9-32-10-12-38-13-11-32)2-4-19(20)24(34)33(16)22-6-3-18(15-28-22)30-25(35)31-40(36,37)23-7-5-21(26)39-23;1-16-29-20-14-17(27-10-13-32-11-2-3-12-32)4-6-19(20)24(34)33(16)22-8-5-18(15-28-22)30-25(35)31-39(36,37)23-9-7-21(26)38-23;1-13-27-17-11-14(21-25-9-10-30(21)2)3-5-16(17)22(32)31(13)19-7-4-15(12-26-19)28-23(33)29-37(34,35)20-8-6-18(24)36-20;1-11-25-16-9-15-12(6-7-23-15)8-14(16)20(29)28(11)18-4-2-13(10-24-18)26-21(30)27-34(31,32)19-5-3-17(22)33-19/h2-7,14-15,27H,8-13H2,1H3,(H2,30,31,35);4-9,14-15,27H,2-3,10-13H2,1H3,(H2,30,31,35);3-8,11-12H,9-10H2,1-2H3,(H2,28,29,33);2-5,8-10,23H,6-7H2,1H3,(H2,26,27,30). The van der Waals surface area contributed by atoms with E-state index in [0.29, 0.717) is 90.2 Å². The van der Waals surface area contributed by atoms with Crippen LogP contribution in [0.4, 0.5) is 59.0 Å². The maximum atomic E-state index is 13.3. The van der Waals surface area contributed by atoms with Crippen molar-refractivity contribution >= 4 is 245 Å². The fraction of sp³-hybridized carbons (Fsp3) is 0.223. The predicted octanol–water partition coefficient (Wildman–Crippen LogP) is 13.2. The number of aromatic nitrogens is 12. The molecule has 0 spiro atoms. The highest BCUT2D eigenvalue weighted by Gasteiger charge is 2.29. The number of aliphatic imine (C=N–C) groups is 1. The predicted molar refractivity (Wildman–Crippen MR) is 580 cm³/mol. The van der Waals surface area contributed by atoms with Gasteiger partial charge in [0.05, 0.1) is 128 Å². The third-order valence-corrected chi connectivity index (χ3v) is 35.5. The summed E-state index contributed by atoms with van der Waals surface area (Å²) >= 11 is 26.4. The molecule has 2 fully saturated rings. The van der Waals surface area contributed by atoms with Crippen molar-refractivity contribution in [3.05, 3.63) is 282 Å². The molecule has 150 heavy (non-hydrogen) atoms. The van der Waals surface area contributed by atoms with Gasteiger partial charge < -0.3 is 51.8 Å². The van der Waals surface area contributed by atoms with Gasteiger partial charge in [0.15, 0.2) is 0 Å². The Kier molecular flexibility index (Phi) is 32.8. The molecule has 0 bridgehead atoms. The fourth-order valence-electron chi connectivity index (χ4n) is 16.3. The molecule has 778 valence electrons. The van der Waals surface area contributed by atoms with E-state index in [9.17, 15) is 72.0 Å². The van der Waals surface area contributed by atoms with E-state index in [0.717, 1.165) is 171 Å². The Hall–Kier alpha value is -14.4. The molecular weight excluding hydrogens is 2180 g/mol. The Balaban J connectivity index is 0.000000136. The van der Waals surface area contributed by atoms with Crippen LogP contribution in [0.15, 0.2) is 230 Å². The number of anilines is 7. The van der Waals surface area contributed by atoms with Crippen molar-refractivity contribution < 1.29 is 57.6 Å². The number of fused-ring (bicyclic) bond motifs is 5. The van der Waals surface area contributed by atoms with E-state index in [1.165, 1.54) is 141 Å². The third kappa shape index (κ3) is 25.5. The summed E-state index contributed by atoms with van der Waals surface area (Å²) in [6, 6.07) is 39.4. The molecule has 8 amide bonds. The molecular formula is C94H89Cl4N27O17S8. The number of nitrogens with one attached hydrogen (secondary N) is 11. The first-order valence-electron chi connectivity index (χ1n) is 45.6. The van der Waals surface area contributed by atoms with Crippen molar-refractivity contribution in [1.29, 1.82) is 0 Å². The van der Waals surface area contributed by atoms with Gasteiger partial charge in [-0.05, 0) is 223 Å². The minimum absolute atomic E-state index is 0.0822. The molecule has 11 N–H and O–H groups in total. The molecule has 0 unspecified atom stereocenters. The summed E-state index contributed by atoms with van der Waals surface area (Å²) in [5.41, 5.74) is 6.90. The van der Waals surface area contributed by atoms with Crippen LogP contribution in [-0.2, 0) is 51.3 Å². The van der Waals surface area contributed by atoms with Crippen LogP contribution in [0, 0.1) is 27.7 Å². The van der Waals surface area contributed by atoms with Gasteiger partial charge in [0.1, 0.15) is 69.2 Å². The third-order valence-electron chi connectivity index (χ3n) is 23.3. The molecule has 20 rings (SSSR count). The lowest BCUT2D eigenvalue weighted by molar-refractivity contribution is 0.0398. The monoisotopic (exact) mass is 2260 g/mol. The second-order valence-electron chi connectivity index (χ2n) is 33.7. The summed E-state index contributed by atoms with van der Waals surface area (Å²) in [6.45, 7) is 18.3. The molecule has 16 aromatic rings. The number of thiophene rings is 4. The number of pyridine rings is 4. The highest BCUT2D eigenvalue weighted by atomic mass is 35.5. The van der Waals surface area contributed by atoms with E-state index >= 15 is 0 Å². The number of likely N-dealkylation sites (N-methyl/N-ethyl adjacent to an activating group) is 1. The smallest absolute Gasteiger partial charge is 0.333 e. The first-order chi connectivity index (χ1) is 71.7. The molecule has 4 aromatic carbocycles. The van der Waals surface area contributed by atoms with Gasteiger partial charge in [0, 0.05) is 82.0 Å². The summed E-state index contributed by atoms with van der Waals surface area (Å²) in [5, 5.41) is 21.5. The van der Waals surface area contributed by atoms with E-state index in [2.05, 4.69) is 96.8 Å². The largest absolute Gasteiger partial charge is 0.384 e. The Morgan fingerprint density at radius 2 is 0.713 bits per heavy atom. The lowest BCUT2D eigenvalue weighted by atomic mass is 10.1. The van der Waals surface area contributed by atoms with E-state index in [1.807, 2.05) is 74.5 Å². The van der Waals surface area contributed by atoms with Crippen LogP contribution in [0.5, 0.6) is 0 Å². The lowest BCUT2D eigenvalue weighted by Gasteiger charge is -2.26. The van der Waals surface area contributed by atoms with E-state index in [-0.39, 0.29) is 79.2 Å². The normalized spacial score (nSPS) is 13.7. The number of amidine groups is 1. The zero-order chi connectivity index (χ0) is 106. The zero-order valence-electron chi connectivity index (χ0n) is 79.6. The molecule has 16 heterocycles. The average molecular weight is 2270 g/mol. The molecule has 4 aliphatic rings. The number of rotatable bonds is 25. The minimum Gasteiger partial charge on any atom is -0.384 e. The number of nitrogens with zero attached hydrogens (tertiary/aromatic N) is 16. The number of hydrogen-bond acceptors (Lipinski definition) is 36. The van der Waals surface area contributed by atoms with Crippen molar-refractivity contribution in [2.75, 3.05) is 129 Å². The van der Waals surface area contributed by atoms with Crippen LogP contribution < -0.4 is 78.3 Å². The molecule has 0 saturated carbocycles. The molecule has 0 atom stereocenters. The Bertz CT molecular complexity index is 8730. The quantitative estimate of drug-likeness (QED) is 0.0253. The van der Waals surface area contributed by atoms with Gasteiger partial charge in [-0.15, -0.1) is 45.3 Å². The van der Waals surface area contributed by atoms with Crippen molar-refractivity contribution in [2.24, 2.45) is 4.99 Å². The number of carbonyl (C=O) groups is 4. The number of likely N-dealkylation sites (tertiary alicyclic amines) is 1. The molecule has 2 saturated heterocycles. The van der Waals surface area contributed by atoms with Crippen LogP contribution >= 0.6 is 91.8 Å². The number of amides is 8. The Labute approximate surface area is 890 Å². The number of halogens is 4. The second-order valence-corrected chi connectivity index (χ2v) is 48.2. The topological polar surface area (TPSA) is 560 Å². The van der Waals surface area contributed by atoms with Crippen LogP contribution in [0.3, 0.4) is 0 Å². The van der Waals surface area contributed by atoms with Crippen molar-refractivity contribution in [1.82, 2.24) is 91.7 Å². The van der Waals surface area contributed by atoms with Gasteiger partial charge in [-0.2, -0.15) is 0 Å². The first kappa shape index (κ1) is 107. The van der Waals surface area contributed by atoms with E-state index < -0.39 is 64.2 Å². The number of benzene rings is 4. The molecule has 0 radical (unpaired) electrons. The van der Waals surface area contributed by atoms with Crippen LogP contribution in [0.2, 0.25) is 17.3 Å². The highest BCUT2D eigenvalue weighted by Crippen LogP contribution is 2.33. The summed E-state index contributed by atoms with van der Waals surface area (Å²) in [6.07, 6.45) is 8.64. The first-order valence-corrected chi connectivity index (χ1v) is 56.3. The Morgan fingerprint density at radius 1 is 0.387 bits per heavy atom. The maximum absolute atomic E-state index is 13.3. The van der Waals surface area contributed by atoms with Crippen molar-refractivity contribution in [3.8, 4) is 23.3 Å². The summed E-state index contributed by atoms with van der Waals surface area (Å²) < 4.78 is 118. The fourth-order valence-corrected chi connectivity index (χ4v) is 25.8. The molecule has 44 nitrogen and oxygen atoms in total. The summed E-state index contributed by atoms with van der Waals surface area (Å²) in [5.74, 6) is 3.89. The SMILES string of the molecule is Cc1nc2cc(C3=NCCN3C)ccc2c(=O)n1-c1ccc(NC(=O)NS(=O)(=O)c2ccc(Cl)s2)cn1.Cc1nc2cc(NCCN3CCCC3)ccc2c(=O)n1-c1ccc(NC(=O)NS(=O)(=O)c2ccc(Cl)s2)cn1.Cc1nc2cc(NCCN3CCOCC3)ccc2c(=O)n1-c1ccc(NC(=O)NS(=O)(=O)c2ccc(Cl)s2)cn1.Cc1nc2cc3c(cc2c(=O)n1-c1ccc(NC(=O)NS(=O)(=O)c2ccc(Cl)s2)cn1)CCN3.